The van der Waals surface area contributed by atoms with Crippen LogP contribution in [0.4, 0.5) is 0 Å². The van der Waals surface area contributed by atoms with Gasteiger partial charge in [-0.1, -0.05) is 26.7 Å². The average Bonchev–Trinajstić information content (AvgIpc) is 2.45. The van der Waals surface area contributed by atoms with E-state index in [1.165, 1.54) is 7.11 Å². The molecule has 0 aliphatic carbocycles. The van der Waals surface area contributed by atoms with Gasteiger partial charge >= 0.3 is 0 Å². The molecule has 5 nitrogen and oxygen atoms in total. The lowest BCUT2D eigenvalue weighted by Gasteiger charge is -2.42. The zero-order valence-corrected chi connectivity index (χ0v) is 13.2. The van der Waals surface area contributed by atoms with E-state index in [1.807, 2.05) is 6.92 Å². The molecular formula is C15H30O5. The van der Waals surface area contributed by atoms with E-state index in [0.29, 0.717) is 13.2 Å². The van der Waals surface area contributed by atoms with Gasteiger partial charge in [-0.05, 0) is 19.8 Å². The number of unbranched alkanes of at least 4 members (excludes halogenated alkanes) is 2. The highest BCUT2D eigenvalue weighted by Crippen LogP contribution is 2.26. The van der Waals surface area contributed by atoms with E-state index in [9.17, 15) is 5.11 Å². The first kappa shape index (κ1) is 17.9. The van der Waals surface area contributed by atoms with E-state index >= 15 is 0 Å². The second-order valence-electron chi connectivity index (χ2n) is 5.31. The van der Waals surface area contributed by atoms with Crippen molar-refractivity contribution in [2.24, 2.45) is 0 Å². The smallest absolute Gasteiger partial charge is 0.186 e. The van der Waals surface area contributed by atoms with Gasteiger partial charge in [-0.2, -0.15) is 0 Å². The summed E-state index contributed by atoms with van der Waals surface area (Å²) in [5.74, 6) is 0. The Morgan fingerprint density at radius 1 is 1.00 bits per heavy atom. The first-order chi connectivity index (χ1) is 9.65. The molecule has 1 rings (SSSR count). The van der Waals surface area contributed by atoms with E-state index in [1.54, 1.807) is 0 Å². The minimum Gasteiger partial charge on any atom is -0.385 e. The first-order valence-corrected chi connectivity index (χ1v) is 7.75. The summed E-state index contributed by atoms with van der Waals surface area (Å²) in [7, 11) is 1.53. The lowest BCUT2D eigenvalue weighted by molar-refractivity contribution is -0.300. The molecule has 0 radical (unpaired) electrons. The fourth-order valence-corrected chi connectivity index (χ4v) is 2.33. The second-order valence-corrected chi connectivity index (χ2v) is 5.31. The zero-order chi connectivity index (χ0) is 15.0. The number of hydrogen-bond donors (Lipinski definition) is 1. The Balaban J connectivity index is 2.63. The minimum absolute atomic E-state index is 0.160. The van der Waals surface area contributed by atoms with E-state index in [-0.39, 0.29) is 12.2 Å². The number of aliphatic hydroxyl groups excluding tert-OH is 1. The van der Waals surface area contributed by atoms with Crippen molar-refractivity contribution in [2.75, 3.05) is 20.3 Å². The van der Waals surface area contributed by atoms with E-state index in [4.69, 9.17) is 18.9 Å². The van der Waals surface area contributed by atoms with Crippen LogP contribution < -0.4 is 0 Å². The van der Waals surface area contributed by atoms with Crippen molar-refractivity contribution in [1.29, 1.82) is 0 Å². The van der Waals surface area contributed by atoms with Gasteiger partial charge < -0.3 is 24.1 Å². The highest BCUT2D eigenvalue weighted by atomic mass is 16.7. The second kappa shape index (κ2) is 9.68. The largest absolute Gasteiger partial charge is 0.385 e. The van der Waals surface area contributed by atoms with Crippen LogP contribution in [0.25, 0.3) is 0 Å². The van der Waals surface area contributed by atoms with Crippen molar-refractivity contribution < 1.29 is 24.1 Å². The van der Waals surface area contributed by atoms with Crippen LogP contribution in [0.2, 0.25) is 0 Å². The molecular weight excluding hydrogens is 260 g/mol. The predicted octanol–water partition coefficient (Wildman–Crippen LogP) is 2.11. The summed E-state index contributed by atoms with van der Waals surface area (Å²) in [6, 6.07) is 0. The van der Waals surface area contributed by atoms with Crippen LogP contribution in [0.15, 0.2) is 0 Å². The van der Waals surface area contributed by atoms with Crippen molar-refractivity contribution in [3.8, 4) is 0 Å². The standard InChI is InChI=1S/C15H30O5/c1-5-7-9-18-13-11(3)20-15(17-4)12(16)14(13)19-10-8-6-2/h11-16H,5-10H2,1-4H3/t11?,12?,13-,14?,15+/m0/s1. The van der Waals surface area contributed by atoms with Gasteiger partial charge in [0.1, 0.15) is 18.3 Å². The van der Waals surface area contributed by atoms with Gasteiger partial charge in [0.25, 0.3) is 0 Å². The predicted molar refractivity (Wildman–Crippen MR) is 76.6 cm³/mol. The third kappa shape index (κ3) is 4.97. The van der Waals surface area contributed by atoms with Gasteiger partial charge in [0.15, 0.2) is 6.29 Å². The number of methoxy groups -OCH3 is 1. The molecule has 0 spiro atoms. The third-order valence-electron chi connectivity index (χ3n) is 3.60. The van der Waals surface area contributed by atoms with Gasteiger partial charge in [0.2, 0.25) is 0 Å². The summed E-state index contributed by atoms with van der Waals surface area (Å²) in [6.45, 7) is 7.45. The molecule has 3 unspecified atom stereocenters. The summed E-state index contributed by atoms with van der Waals surface area (Å²) >= 11 is 0. The summed E-state index contributed by atoms with van der Waals surface area (Å²) in [5, 5.41) is 10.3. The molecule has 0 aromatic heterocycles. The Kier molecular flexibility index (Phi) is 8.64. The van der Waals surface area contributed by atoms with Gasteiger partial charge in [-0.3, -0.25) is 0 Å². The van der Waals surface area contributed by atoms with Gasteiger partial charge in [-0.15, -0.1) is 0 Å². The maximum absolute atomic E-state index is 10.3. The number of rotatable bonds is 9. The Hall–Kier alpha value is -0.200. The summed E-state index contributed by atoms with van der Waals surface area (Å²) < 4.78 is 22.5. The quantitative estimate of drug-likeness (QED) is 0.659. The molecule has 0 aromatic carbocycles. The maximum Gasteiger partial charge on any atom is 0.186 e. The Bertz CT molecular complexity index is 248. The average molecular weight is 290 g/mol. The highest BCUT2D eigenvalue weighted by Gasteiger charge is 2.45. The summed E-state index contributed by atoms with van der Waals surface area (Å²) in [6.07, 6.45) is 1.82. The third-order valence-corrected chi connectivity index (χ3v) is 3.60. The molecule has 0 aromatic rings. The Morgan fingerprint density at radius 2 is 1.55 bits per heavy atom. The Labute approximate surface area is 122 Å². The lowest BCUT2D eigenvalue weighted by atomic mass is 9.99. The van der Waals surface area contributed by atoms with Crippen LogP contribution in [-0.2, 0) is 18.9 Å². The van der Waals surface area contributed by atoms with Crippen LogP contribution in [0.3, 0.4) is 0 Å². The van der Waals surface area contributed by atoms with Gasteiger partial charge in [0, 0.05) is 20.3 Å². The number of ether oxygens (including phenoxy) is 4. The minimum atomic E-state index is -0.820. The topological polar surface area (TPSA) is 57.2 Å². The van der Waals surface area contributed by atoms with Crippen molar-refractivity contribution in [3.63, 3.8) is 0 Å². The van der Waals surface area contributed by atoms with Crippen LogP contribution in [0, 0.1) is 0 Å². The molecule has 0 saturated carbocycles. The van der Waals surface area contributed by atoms with Crippen molar-refractivity contribution in [3.05, 3.63) is 0 Å². The van der Waals surface area contributed by atoms with Crippen LogP contribution in [-0.4, -0.2) is 56.1 Å². The van der Waals surface area contributed by atoms with Gasteiger partial charge in [0.05, 0.1) is 6.10 Å². The number of hydrogen-bond acceptors (Lipinski definition) is 5. The van der Waals surface area contributed by atoms with E-state index in [2.05, 4.69) is 13.8 Å². The molecule has 20 heavy (non-hydrogen) atoms. The Morgan fingerprint density at radius 3 is 2.05 bits per heavy atom. The zero-order valence-electron chi connectivity index (χ0n) is 13.2. The summed E-state index contributed by atoms with van der Waals surface area (Å²) in [4.78, 5) is 0. The molecule has 1 fully saturated rings. The molecule has 1 aliphatic rings. The summed E-state index contributed by atoms with van der Waals surface area (Å²) in [5.41, 5.74) is 0. The normalized spacial score (nSPS) is 34.4. The van der Waals surface area contributed by atoms with Crippen molar-refractivity contribution in [1.82, 2.24) is 0 Å². The molecule has 5 atom stereocenters. The van der Waals surface area contributed by atoms with Crippen molar-refractivity contribution >= 4 is 0 Å². The maximum atomic E-state index is 10.3. The first-order valence-electron chi connectivity index (χ1n) is 7.75. The van der Waals surface area contributed by atoms with Gasteiger partial charge in [-0.25, -0.2) is 0 Å². The molecule has 5 heteroatoms. The highest BCUT2D eigenvalue weighted by molar-refractivity contribution is 4.90. The van der Waals surface area contributed by atoms with Crippen LogP contribution in [0.1, 0.15) is 46.5 Å². The molecule has 0 amide bonds. The van der Waals surface area contributed by atoms with Crippen molar-refractivity contribution in [2.45, 2.75) is 77.2 Å². The monoisotopic (exact) mass is 290 g/mol. The fourth-order valence-electron chi connectivity index (χ4n) is 2.33. The SMILES string of the molecule is CCCCOC1C(O)[C@H](OC)OC(C)[C@@H]1OCCCC. The molecule has 1 heterocycles. The molecule has 1 aliphatic heterocycles. The lowest BCUT2D eigenvalue weighted by Crippen LogP contribution is -2.59. The molecule has 1 N–H and O–H groups in total. The molecule has 0 bridgehead atoms. The van der Waals surface area contributed by atoms with Crippen LogP contribution in [0.5, 0.6) is 0 Å². The van der Waals surface area contributed by atoms with E-state index < -0.39 is 18.5 Å². The number of aliphatic hydroxyl groups is 1. The fraction of sp³-hybridized carbons (Fsp3) is 1.00. The van der Waals surface area contributed by atoms with Crippen LogP contribution >= 0.6 is 0 Å². The van der Waals surface area contributed by atoms with E-state index in [0.717, 1.165) is 25.7 Å². The molecule has 120 valence electrons. The molecule has 1 saturated heterocycles.